The minimum Gasteiger partial charge on any atom is -0.298 e. The van der Waals surface area contributed by atoms with Crippen LogP contribution in [0.1, 0.15) is 15.9 Å². The molecule has 0 spiro atoms. The van der Waals surface area contributed by atoms with E-state index in [1.165, 1.54) is 12.2 Å². The Balaban J connectivity index is 2.15. The van der Waals surface area contributed by atoms with Crippen molar-refractivity contribution in [3.05, 3.63) is 89.5 Å². The molecule has 20 heavy (non-hydrogen) atoms. The second kappa shape index (κ2) is 7.00. The Morgan fingerprint density at radius 3 is 2.00 bits per heavy atom. The molecule has 98 valence electrons. The summed E-state index contributed by atoms with van der Waals surface area (Å²) in [5.41, 5.74) is 1.99. The third-order valence-corrected chi connectivity index (χ3v) is 2.75. The van der Waals surface area contributed by atoms with Gasteiger partial charge in [-0.05, 0) is 23.8 Å². The second-order valence-electron chi connectivity index (χ2n) is 4.24. The Labute approximate surface area is 118 Å². The molecule has 0 saturated carbocycles. The quantitative estimate of drug-likeness (QED) is 0.356. The number of carbonyl (C=O) groups is 2. The van der Waals surface area contributed by atoms with Gasteiger partial charge in [0.25, 0.3) is 0 Å². The first-order chi connectivity index (χ1) is 9.79. The predicted molar refractivity (Wildman–Crippen MR) is 80.4 cm³/mol. The van der Waals surface area contributed by atoms with Crippen LogP contribution in [0.3, 0.4) is 0 Å². The lowest BCUT2D eigenvalue weighted by Crippen LogP contribution is -1.93. The summed E-state index contributed by atoms with van der Waals surface area (Å²) in [7, 11) is 0. The van der Waals surface area contributed by atoms with Crippen molar-refractivity contribution in [1.82, 2.24) is 0 Å². The summed E-state index contributed by atoms with van der Waals surface area (Å²) >= 11 is 0. The summed E-state index contributed by atoms with van der Waals surface area (Å²) in [6, 6.07) is 18.5. The molecule has 2 aromatic carbocycles. The highest BCUT2D eigenvalue weighted by Crippen LogP contribution is 2.07. The zero-order valence-electron chi connectivity index (χ0n) is 10.9. The molecule has 0 radical (unpaired) electrons. The van der Waals surface area contributed by atoms with Gasteiger partial charge in [-0.3, -0.25) is 9.59 Å². The van der Waals surface area contributed by atoms with Crippen molar-refractivity contribution in [1.29, 1.82) is 0 Å². The number of aldehydes is 1. The lowest BCUT2D eigenvalue weighted by atomic mass is 10.1. The van der Waals surface area contributed by atoms with E-state index in [-0.39, 0.29) is 5.78 Å². The fourth-order valence-corrected chi connectivity index (χ4v) is 1.73. The molecule has 0 N–H and O–H groups in total. The van der Waals surface area contributed by atoms with Gasteiger partial charge in [0.05, 0.1) is 0 Å². The van der Waals surface area contributed by atoms with Gasteiger partial charge in [0.2, 0.25) is 0 Å². The summed E-state index contributed by atoms with van der Waals surface area (Å²) in [5.74, 6) is -0.119. The van der Waals surface area contributed by atoms with Crippen LogP contribution in [0.2, 0.25) is 0 Å². The van der Waals surface area contributed by atoms with Crippen LogP contribution >= 0.6 is 0 Å². The van der Waals surface area contributed by atoms with Gasteiger partial charge in [-0.1, -0.05) is 60.7 Å². The third-order valence-electron chi connectivity index (χ3n) is 2.75. The zero-order valence-corrected chi connectivity index (χ0v) is 10.9. The molecule has 2 aromatic rings. The van der Waals surface area contributed by atoms with Crippen LogP contribution in [-0.4, -0.2) is 12.1 Å². The minimum absolute atomic E-state index is 0.119. The van der Waals surface area contributed by atoms with E-state index in [2.05, 4.69) is 0 Å². The normalized spacial score (nSPS) is 11.5. The molecule has 2 nitrogen and oxygen atoms in total. The fourth-order valence-electron chi connectivity index (χ4n) is 1.73. The number of rotatable bonds is 5. The van der Waals surface area contributed by atoms with E-state index in [1.54, 1.807) is 18.2 Å². The highest BCUT2D eigenvalue weighted by Gasteiger charge is 2.00. The molecule has 2 heteroatoms. The molecule has 0 aliphatic heterocycles. The Bertz CT molecular complexity index is 638. The molecule has 0 aromatic heterocycles. The van der Waals surface area contributed by atoms with E-state index in [0.29, 0.717) is 11.1 Å². The average molecular weight is 262 g/mol. The van der Waals surface area contributed by atoms with Gasteiger partial charge in [0.15, 0.2) is 5.78 Å². The Morgan fingerprint density at radius 2 is 1.40 bits per heavy atom. The highest BCUT2D eigenvalue weighted by molar-refractivity contribution is 6.05. The lowest BCUT2D eigenvalue weighted by Gasteiger charge is -1.95. The molecule has 0 heterocycles. The number of benzene rings is 2. The van der Waals surface area contributed by atoms with Gasteiger partial charge in [-0.15, -0.1) is 0 Å². The van der Waals surface area contributed by atoms with E-state index >= 15 is 0 Å². The van der Waals surface area contributed by atoms with E-state index < -0.39 is 0 Å². The van der Waals surface area contributed by atoms with Crippen LogP contribution in [0.5, 0.6) is 0 Å². The smallest absolute Gasteiger partial charge is 0.185 e. The topological polar surface area (TPSA) is 34.1 Å². The molecule has 0 aliphatic carbocycles. The highest BCUT2D eigenvalue weighted by atomic mass is 16.1. The maximum absolute atomic E-state index is 11.9. The number of hydrogen-bond acceptors (Lipinski definition) is 2. The first-order valence-corrected chi connectivity index (χ1v) is 6.29. The monoisotopic (exact) mass is 262 g/mol. The van der Waals surface area contributed by atoms with Crippen LogP contribution in [0, 0.1) is 0 Å². The van der Waals surface area contributed by atoms with Crippen LogP contribution in [-0.2, 0) is 4.79 Å². The number of hydrogen-bond donors (Lipinski definition) is 0. The molecule has 0 atom stereocenters. The van der Waals surface area contributed by atoms with Crippen LogP contribution < -0.4 is 0 Å². The van der Waals surface area contributed by atoms with Crippen LogP contribution in [0.4, 0.5) is 0 Å². The molecule has 0 fully saturated rings. The SMILES string of the molecule is O=CC(C=CC(=O)c1ccccc1)=Cc1ccccc1. The van der Waals surface area contributed by atoms with E-state index in [0.717, 1.165) is 11.8 Å². The summed E-state index contributed by atoms with van der Waals surface area (Å²) in [6.07, 6.45) is 5.43. The number of carbonyl (C=O) groups excluding carboxylic acids is 2. The van der Waals surface area contributed by atoms with Crippen molar-refractivity contribution in [3.8, 4) is 0 Å². The minimum atomic E-state index is -0.119. The van der Waals surface area contributed by atoms with E-state index in [4.69, 9.17) is 0 Å². The molecular weight excluding hydrogens is 248 g/mol. The first-order valence-electron chi connectivity index (χ1n) is 6.29. The maximum atomic E-state index is 11.9. The van der Waals surface area contributed by atoms with Gasteiger partial charge >= 0.3 is 0 Å². The molecule has 0 amide bonds. The van der Waals surface area contributed by atoms with Gasteiger partial charge in [-0.25, -0.2) is 0 Å². The standard InChI is InChI=1S/C18H14O2/c19-14-16(13-15-7-3-1-4-8-15)11-12-18(20)17-9-5-2-6-10-17/h1-14H. The Hall–Kier alpha value is -2.74. The van der Waals surface area contributed by atoms with E-state index in [1.807, 2.05) is 48.5 Å². The predicted octanol–water partition coefficient (Wildman–Crippen LogP) is 3.71. The van der Waals surface area contributed by atoms with Crippen molar-refractivity contribution in [2.75, 3.05) is 0 Å². The molecule has 0 unspecified atom stereocenters. The Morgan fingerprint density at radius 1 is 0.800 bits per heavy atom. The molecule has 0 aliphatic rings. The molecule has 0 saturated heterocycles. The average Bonchev–Trinajstić information content (AvgIpc) is 2.53. The lowest BCUT2D eigenvalue weighted by molar-refractivity contribution is -0.104. The van der Waals surface area contributed by atoms with Gasteiger partial charge in [-0.2, -0.15) is 0 Å². The number of allylic oxidation sites excluding steroid dienone is 3. The zero-order chi connectivity index (χ0) is 14.2. The molecule has 2 rings (SSSR count). The fraction of sp³-hybridized carbons (Fsp3) is 0. The van der Waals surface area contributed by atoms with Gasteiger partial charge < -0.3 is 0 Å². The summed E-state index contributed by atoms with van der Waals surface area (Å²) in [4.78, 5) is 22.9. The van der Waals surface area contributed by atoms with Crippen LogP contribution in [0.15, 0.2) is 78.4 Å². The van der Waals surface area contributed by atoms with Crippen LogP contribution in [0.25, 0.3) is 6.08 Å². The summed E-state index contributed by atoms with van der Waals surface area (Å²) in [6.45, 7) is 0. The van der Waals surface area contributed by atoms with Gasteiger partial charge in [0.1, 0.15) is 6.29 Å². The molecule has 0 bridgehead atoms. The maximum Gasteiger partial charge on any atom is 0.185 e. The summed E-state index contributed by atoms with van der Waals surface area (Å²) in [5, 5.41) is 0. The Kier molecular flexibility index (Phi) is 4.79. The van der Waals surface area contributed by atoms with Crippen molar-refractivity contribution in [3.63, 3.8) is 0 Å². The van der Waals surface area contributed by atoms with Crippen molar-refractivity contribution in [2.24, 2.45) is 0 Å². The second-order valence-corrected chi connectivity index (χ2v) is 4.24. The molecular formula is C18H14O2. The van der Waals surface area contributed by atoms with Crippen molar-refractivity contribution < 1.29 is 9.59 Å². The first kappa shape index (κ1) is 13.7. The number of ketones is 1. The van der Waals surface area contributed by atoms with Gasteiger partial charge in [0, 0.05) is 11.1 Å². The summed E-state index contributed by atoms with van der Waals surface area (Å²) < 4.78 is 0. The van der Waals surface area contributed by atoms with Crippen molar-refractivity contribution in [2.45, 2.75) is 0 Å². The largest absolute Gasteiger partial charge is 0.298 e. The third kappa shape index (κ3) is 3.89. The van der Waals surface area contributed by atoms with E-state index in [9.17, 15) is 9.59 Å². The van der Waals surface area contributed by atoms with Crippen molar-refractivity contribution >= 4 is 18.1 Å².